The zero-order valence-electron chi connectivity index (χ0n) is 8.97. The van der Waals surface area contributed by atoms with Gasteiger partial charge in [-0.1, -0.05) is 6.07 Å². The quantitative estimate of drug-likeness (QED) is 0.323. The number of hydrogen-bond donors (Lipinski definition) is 0. The molecule has 0 aliphatic heterocycles. The van der Waals surface area contributed by atoms with E-state index in [1.165, 1.54) is 12.1 Å². The van der Waals surface area contributed by atoms with Crippen molar-refractivity contribution in [2.75, 3.05) is 14.1 Å². The molecule has 80 valence electrons. The SMILES string of the molecule is CC(=Nc1cccc([N+](=O)[O-])c1)N(C)C. The van der Waals surface area contributed by atoms with Crippen LogP contribution in [0.25, 0.3) is 0 Å². The molecule has 0 saturated carbocycles. The molecule has 1 aromatic carbocycles. The number of hydrogen-bond acceptors (Lipinski definition) is 3. The third-order valence-corrected chi connectivity index (χ3v) is 1.98. The Bertz CT molecular complexity index is 399. The molecule has 1 rings (SSSR count). The summed E-state index contributed by atoms with van der Waals surface area (Å²) in [6.45, 7) is 1.85. The van der Waals surface area contributed by atoms with Gasteiger partial charge in [0, 0.05) is 26.2 Å². The lowest BCUT2D eigenvalue weighted by molar-refractivity contribution is -0.384. The van der Waals surface area contributed by atoms with Crippen molar-refractivity contribution in [1.29, 1.82) is 0 Å². The van der Waals surface area contributed by atoms with Crippen LogP contribution in [0.2, 0.25) is 0 Å². The fourth-order valence-corrected chi connectivity index (χ4v) is 0.963. The number of non-ortho nitro benzene ring substituents is 1. The molecule has 0 spiro atoms. The molecule has 5 nitrogen and oxygen atoms in total. The normalized spacial score (nSPS) is 11.3. The van der Waals surface area contributed by atoms with Gasteiger partial charge in [-0.15, -0.1) is 0 Å². The van der Waals surface area contributed by atoms with Gasteiger partial charge < -0.3 is 4.90 Å². The van der Waals surface area contributed by atoms with Crippen molar-refractivity contribution in [3.8, 4) is 0 Å². The Morgan fingerprint density at radius 1 is 1.47 bits per heavy atom. The molecule has 0 saturated heterocycles. The maximum absolute atomic E-state index is 10.5. The minimum absolute atomic E-state index is 0.0582. The van der Waals surface area contributed by atoms with Gasteiger partial charge in [0.05, 0.1) is 10.6 Å². The van der Waals surface area contributed by atoms with Crippen molar-refractivity contribution in [2.24, 2.45) is 4.99 Å². The Hall–Kier alpha value is -1.91. The van der Waals surface area contributed by atoms with Gasteiger partial charge in [-0.2, -0.15) is 0 Å². The van der Waals surface area contributed by atoms with Crippen molar-refractivity contribution < 1.29 is 4.92 Å². The van der Waals surface area contributed by atoms with Gasteiger partial charge in [0.1, 0.15) is 5.84 Å². The molecule has 0 N–H and O–H groups in total. The van der Waals surface area contributed by atoms with E-state index < -0.39 is 4.92 Å². The lowest BCUT2D eigenvalue weighted by atomic mass is 10.3. The molecule has 0 aliphatic carbocycles. The van der Waals surface area contributed by atoms with Crippen LogP contribution in [-0.4, -0.2) is 29.8 Å². The first kappa shape index (κ1) is 11.2. The second-order valence-corrected chi connectivity index (χ2v) is 3.33. The van der Waals surface area contributed by atoms with Crippen LogP contribution in [0.5, 0.6) is 0 Å². The van der Waals surface area contributed by atoms with Crippen LogP contribution in [-0.2, 0) is 0 Å². The molecule has 0 atom stereocenters. The second kappa shape index (κ2) is 4.54. The number of amidine groups is 1. The molecule has 0 amide bonds. The van der Waals surface area contributed by atoms with Crippen molar-refractivity contribution >= 4 is 17.2 Å². The molecule has 5 heteroatoms. The zero-order valence-corrected chi connectivity index (χ0v) is 8.97. The first-order valence-electron chi connectivity index (χ1n) is 4.48. The number of rotatable bonds is 2. The highest BCUT2D eigenvalue weighted by molar-refractivity contribution is 5.82. The summed E-state index contributed by atoms with van der Waals surface area (Å²) < 4.78 is 0. The topological polar surface area (TPSA) is 58.7 Å². The molecular weight excluding hydrogens is 194 g/mol. The maximum atomic E-state index is 10.5. The molecule has 15 heavy (non-hydrogen) atoms. The summed E-state index contributed by atoms with van der Waals surface area (Å²) in [7, 11) is 3.74. The smallest absolute Gasteiger partial charge is 0.271 e. The summed E-state index contributed by atoms with van der Waals surface area (Å²) in [6, 6.07) is 6.26. The molecule has 0 fully saturated rings. The third kappa shape index (κ3) is 3.05. The molecular formula is C10H13N3O2. The molecule has 0 bridgehead atoms. The van der Waals surface area contributed by atoms with Crippen LogP contribution in [0.1, 0.15) is 6.92 Å². The third-order valence-electron chi connectivity index (χ3n) is 1.98. The number of nitrogens with zero attached hydrogens (tertiary/aromatic N) is 3. The maximum Gasteiger partial charge on any atom is 0.271 e. The first-order chi connectivity index (χ1) is 7.00. The van der Waals surface area contributed by atoms with E-state index in [-0.39, 0.29) is 5.69 Å². The van der Waals surface area contributed by atoms with Crippen molar-refractivity contribution in [3.63, 3.8) is 0 Å². The molecule has 0 unspecified atom stereocenters. The van der Waals surface area contributed by atoms with Gasteiger partial charge in [0.25, 0.3) is 5.69 Å². The van der Waals surface area contributed by atoms with Gasteiger partial charge in [-0.25, -0.2) is 4.99 Å². The van der Waals surface area contributed by atoms with E-state index in [0.29, 0.717) is 5.69 Å². The van der Waals surface area contributed by atoms with Crippen molar-refractivity contribution in [1.82, 2.24) is 4.90 Å². The summed E-state index contributed by atoms with van der Waals surface area (Å²) in [5.74, 6) is 0.801. The predicted octanol–water partition coefficient (Wildman–Crippen LogP) is 2.21. The van der Waals surface area contributed by atoms with Gasteiger partial charge in [-0.3, -0.25) is 10.1 Å². The van der Waals surface area contributed by atoms with Crippen LogP contribution in [0.3, 0.4) is 0 Å². The summed E-state index contributed by atoms with van der Waals surface area (Å²) in [4.78, 5) is 16.2. The standard InChI is InChI=1S/C10H13N3O2/c1-8(12(2)3)11-9-5-4-6-10(7-9)13(14)15/h4-7H,1-3H3. The minimum atomic E-state index is -0.427. The molecule has 0 heterocycles. The van der Waals surface area contributed by atoms with E-state index in [9.17, 15) is 10.1 Å². The van der Waals surface area contributed by atoms with Gasteiger partial charge >= 0.3 is 0 Å². The second-order valence-electron chi connectivity index (χ2n) is 3.33. The molecule has 0 aliphatic rings. The van der Waals surface area contributed by atoms with Crippen LogP contribution < -0.4 is 0 Å². The zero-order chi connectivity index (χ0) is 11.4. The van der Waals surface area contributed by atoms with Crippen LogP contribution in [0, 0.1) is 10.1 Å². The Morgan fingerprint density at radius 2 is 2.13 bits per heavy atom. The first-order valence-corrected chi connectivity index (χ1v) is 4.48. The average Bonchev–Trinajstić information content (AvgIpc) is 2.18. The molecule has 1 aromatic rings. The molecule has 0 radical (unpaired) electrons. The molecule has 0 aromatic heterocycles. The van der Waals surface area contributed by atoms with Crippen LogP contribution in [0.15, 0.2) is 29.3 Å². The lowest BCUT2D eigenvalue weighted by Gasteiger charge is -2.10. The van der Waals surface area contributed by atoms with Gasteiger partial charge in [0.2, 0.25) is 0 Å². The summed E-state index contributed by atoms with van der Waals surface area (Å²) in [5, 5.41) is 10.5. The number of benzene rings is 1. The van der Waals surface area contributed by atoms with E-state index in [4.69, 9.17) is 0 Å². The lowest BCUT2D eigenvalue weighted by Crippen LogP contribution is -2.17. The minimum Gasteiger partial charge on any atom is -0.366 e. The van der Waals surface area contributed by atoms with Crippen molar-refractivity contribution in [2.45, 2.75) is 6.92 Å². The highest BCUT2D eigenvalue weighted by Gasteiger charge is 2.05. The Kier molecular flexibility index (Phi) is 3.38. The highest BCUT2D eigenvalue weighted by Crippen LogP contribution is 2.19. The summed E-state index contributed by atoms with van der Waals surface area (Å²) >= 11 is 0. The van der Waals surface area contributed by atoms with E-state index in [0.717, 1.165) is 5.84 Å². The van der Waals surface area contributed by atoms with Crippen molar-refractivity contribution in [3.05, 3.63) is 34.4 Å². The largest absolute Gasteiger partial charge is 0.366 e. The van der Waals surface area contributed by atoms with E-state index >= 15 is 0 Å². The van der Waals surface area contributed by atoms with E-state index in [1.54, 1.807) is 12.1 Å². The monoisotopic (exact) mass is 207 g/mol. The van der Waals surface area contributed by atoms with E-state index in [1.807, 2.05) is 25.9 Å². The number of nitro benzene ring substituents is 1. The summed E-state index contributed by atoms with van der Waals surface area (Å²) in [6.07, 6.45) is 0. The fraction of sp³-hybridized carbons (Fsp3) is 0.300. The van der Waals surface area contributed by atoms with Crippen LogP contribution in [0.4, 0.5) is 11.4 Å². The fourth-order valence-electron chi connectivity index (χ4n) is 0.963. The predicted molar refractivity (Wildman–Crippen MR) is 59.6 cm³/mol. The Morgan fingerprint density at radius 3 is 2.67 bits per heavy atom. The van der Waals surface area contributed by atoms with Crippen LogP contribution >= 0.6 is 0 Å². The van der Waals surface area contributed by atoms with Gasteiger partial charge in [0.15, 0.2) is 0 Å². The average molecular weight is 207 g/mol. The Labute approximate surface area is 88.2 Å². The summed E-state index contributed by atoms with van der Waals surface area (Å²) in [5.41, 5.74) is 0.651. The number of aliphatic imine (C=N–C) groups is 1. The Balaban J connectivity index is 3.01. The highest BCUT2D eigenvalue weighted by atomic mass is 16.6. The number of nitro groups is 1. The van der Waals surface area contributed by atoms with E-state index in [2.05, 4.69) is 4.99 Å². The van der Waals surface area contributed by atoms with Gasteiger partial charge in [-0.05, 0) is 13.0 Å².